The molecule has 22 heavy (non-hydrogen) atoms. The van der Waals surface area contributed by atoms with Crippen molar-refractivity contribution in [3.8, 4) is 0 Å². The summed E-state index contributed by atoms with van der Waals surface area (Å²) in [7, 11) is 0. The summed E-state index contributed by atoms with van der Waals surface area (Å²) in [6.07, 6.45) is 3.11. The monoisotopic (exact) mass is 375 g/mol. The van der Waals surface area contributed by atoms with Crippen molar-refractivity contribution < 1.29 is 24.5 Å². The maximum Gasteiger partial charge on any atom is 0.322 e. The molecule has 0 aromatic heterocycles. The van der Waals surface area contributed by atoms with Crippen molar-refractivity contribution in [2.75, 3.05) is 19.8 Å². The Morgan fingerprint density at radius 3 is 2.45 bits per heavy atom. The molecule has 0 radical (unpaired) electrons. The molecule has 0 aromatic rings. The quantitative estimate of drug-likeness (QED) is 0.267. The van der Waals surface area contributed by atoms with Gasteiger partial charge in [0.1, 0.15) is 10.9 Å². The second kappa shape index (κ2) is 6.68. The molecule has 124 valence electrons. The van der Waals surface area contributed by atoms with E-state index in [9.17, 15) is 19.8 Å². The number of aliphatic hydroxyl groups is 2. The van der Waals surface area contributed by atoms with Gasteiger partial charge in [0.25, 0.3) is 0 Å². The average Bonchev–Trinajstić information content (AvgIpc) is 2.58. The molecule has 0 saturated heterocycles. The van der Waals surface area contributed by atoms with E-state index in [1.165, 1.54) is 0 Å². The molecular weight excluding hydrogens is 354 g/mol. The lowest BCUT2D eigenvalue weighted by Crippen LogP contribution is -2.40. The van der Waals surface area contributed by atoms with Crippen molar-refractivity contribution in [1.29, 1.82) is 0 Å². The minimum absolute atomic E-state index is 0.0174. The Labute approximate surface area is 138 Å². The Hall–Kier alpha value is -0.920. The molecule has 0 heterocycles. The first-order valence-electron chi connectivity index (χ1n) is 7.38. The van der Waals surface area contributed by atoms with E-state index in [-0.39, 0.29) is 37.5 Å². The number of allylic oxidation sites excluding steroid dienone is 1. The van der Waals surface area contributed by atoms with E-state index in [2.05, 4.69) is 21.2 Å². The zero-order valence-electron chi connectivity index (χ0n) is 12.7. The number of rotatable bonds is 6. The molecule has 6 nitrogen and oxygen atoms in total. The lowest BCUT2D eigenvalue weighted by atomic mass is 9.79. The number of alkyl halides is 1. The first kappa shape index (κ1) is 17.4. The van der Waals surface area contributed by atoms with E-state index in [1.54, 1.807) is 13.8 Å². The second-order valence-corrected chi connectivity index (χ2v) is 8.28. The maximum absolute atomic E-state index is 12.3. The van der Waals surface area contributed by atoms with Crippen molar-refractivity contribution in [1.82, 2.24) is 5.32 Å². The van der Waals surface area contributed by atoms with Crippen molar-refractivity contribution in [3.05, 3.63) is 12.2 Å². The summed E-state index contributed by atoms with van der Waals surface area (Å²) in [5.41, 5.74) is 0. The molecule has 0 aromatic carbocycles. The van der Waals surface area contributed by atoms with E-state index in [1.807, 2.05) is 12.2 Å². The maximum atomic E-state index is 12.3. The fraction of sp³-hybridized carbons (Fsp3) is 0.733. The van der Waals surface area contributed by atoms with Crippen LogP contribution in [0.15, 0.2) is 12.2 Å². The summed E-state index contributed by atoms with van der Waals surface area (Å²) in [5, 5.41) is 22.2. The average molecular weight is 376 g/mol. The highest BCUT2D eigenvalue weighted by atomic mass is 79.9. The van der Waals surface area contributed by atoms with Crippen LogP contribution in [-0.4, -0.2) is 52.3 Å². The van der Waals surface area contributed by atoms with Crippen LogP contribution in [0.2, 0.25) is 0 Å². The highest BCUT2D eigenvalue weighted by Crippen LogP contribution is 2.48. The molecular formula is C15H22BrNO5. The summed E-state index contributed by atoms with van der Waals surface area (Å²) >= 11 is 3.20. The molecule has 1 fully saturated rings. The SMILES string of the molecule is CC(C)(Br)C(=O)OCCNC(=O)C1C2C=CC2C(O)C1CO. The van der Waals surface area contributed by atoms with Crippen LogP contribution in [0.3, 0.4) is 0 Å². The Kier molecular flexibility index (Phi) is 5.29. The number of ether oxygens (including phenoxy) is 1. The Morgan fingerprint density at radius 1 is 1.32 bits per heavy atom. The molecule has 0 aliphatic heterocycles. The summed E-state index contributed by atoms with van der Waals surface area (Å²) in [6.45, 7) is 3.44. The Morgan fingerprint density at radius 2 is 1.95 bits per heavy atom. The minimum atomic E-state index is -0.751. The van der Waals surface area contributed by atoms with Crippen molar-refractivity contribution in [2.24, 2.45) is 23.7 Å². The number of fused-ring (bicyclic) bond motifs is 1. The number of carbonyl (C=O) groups is 2. The number of amides is 1. The fourth-order valence-electron chi connectivity index (χ4n) is 3.05. The Balaban J connectivity index is 1.80. The van der Waals surface area contributed by atoms with Crippen LogP contribution in [0.1, 0.15) is 13.8 Å². The van der Waals surface area contributed by atoms with Gasteiger partial charge in [-0.2, -0.15) is 0 Å². The topological polar surface area (TPSA) is 95.9 Å². The smallest absolute Gasteiger partial charge is 0.322 e. The van der Waals surface area contributed by atoms with Gasteiger partial charge < -0.3 is 20.3 Å². The molecule has 2 rings (SSSR count). The third kappa shape index (κ3) is 3.36. The van der Waals surface area contributed by atoms with E-state index in [0.717, 1.165) is 0 Å². The van der Waals surface area contributed by atoms with Gasteiger partial charge in [-0.05, 0) is 19.8 Å². The molecule has 1 amide bonds. The summed E-state index contributed by atoms with van der Waals surface area (Å²) in [5.74, 6) is -1.55. The van der Waals surface area contributed by atoms with Crippen LogP contribution in [0, 0.1) is 23.7 Å². The number of nitrogens with one attached hydrogen (secondary N) is 1. The largest absolute Gasteiger partial charge is 0.463 e. The summed E-state index contributed by atoms with van der Waals surface area (Å²) < 4.78 is 4.29. The highest BCUT2D eigenvalue weighted by Gasteiger charge is 2.53. The molecule has 0 spiro atoms. The van der Waals surface area contributed by atoms with Crippen LogP contribution >= 0.6 is 15.9 Å². The van der Waals surface area contributed by atoms with Gasteiger partial charge in [-0.1, -0.05) is 28.1 Å². The molecule has 2 aliphatic rings. The van der Waals surface area contributed by atoms with Gasteiger partial charge in [0.2, 0.25) is 5.91 Å². The number of hydrogen-bond acceptors (Lipinski definition) is 5. The minimum Gasteiger partial charge on any atom is -0.463 e. The van der Waals surface area contributed by atoms with Crippen LogP contribution in [0.5, 0.6) is 0 Å². The number of hydrogen-bond donors (Lipinski definition) is 3. The lowest BCUT2D eigenvalue weighted by Gasteiger charge is -2.27. The van der Waals surface area contributed by atoms with Gasteiger partial charge in [0, 0.05) is 18.4 Å². The normalized spacial score (nSPS) is 33.0. The lowest BCUT2D eigenvalue weighted by molar-refractivity contribution is -0.145. The van der Waals surface area contributed by atoms with Gasteiger partial charge >= 0.3 is 5.97 Å². The van der Waals surface area contributed by atoms with Crippen molar-refractivity contribution >= 4 is 27.8 Å². The van der Waals surface area contributed by atoms with E-state index < -0.39 is 28.2 Å². The Bertz CT molecular complexity index is 473. The van der Waals surface area contributed by atoms with Crippen LogP contribution < -0.4 is 5.32 Å². The van der Waals surface area contributed by atoms with E-state index in [4.69, 9.17) is 4.74 Å². The number of aliphatic hydroxyl groups excluding tert-OH is 2. The van der Waals surface area contributed by atoms with Crippen LogP contribution in [0.25, 0.3) is 0 Å². The van der Waals surface area contributed by atoms with Gasteiger partial charge in [0.05, 0.1) is 18.6 Å². The van der Waals surface area contributed by atoms with Gasteiger partial charge in [-0.15, -0.1) is 0 Å². The molecule has 3 N–H and O–H groups in total. The van der Waals surface area contributed by atoms with Gasteiger partial charge in [-0.3, -0.25) is 9.59 Å². The molecule has 7 heteroatoms. The van der Waals surface area contributed by atoms with Crippen molar-refractivity contribution in [3.63, 3.8) is 0 Å². The molecule has 5 unspecified atom stereocenters. The van der Waals surface area contributed by atoms with Crippen LogP contribution in [-0.2, 0) is 14.3 Å². The van der Waals surface area contributed by atoms with Crippen LogP contribution in [0.4, 0.5) is 0 Å². The first-order valence-corrected chi connectivity index (χ1v) is 8.17. The molecule has 0 bridgehead atoms. The van der Waals surface area contributed by atoms with E-state index in [0.29, 0.717) is 0 Å². The third-order valence-electron chi connectivity index (χ3n) is 4.34. The van der Waals surface area contributed by atoms with Gasteiger partial charge in [-0.25, -0.2) is 0 Å². The summed E-state index contributed by atoms with van der Waals surface area (Å²) in [4.78, 5) is 23.8. The fourth-order valence-corrected chi connectivity index (χ4v) is 3.16. The number of halogens is 1. The highest BCUT2D eigenvalue weighted by molar-refractivity contribution is 9.10. The van der Waals surface area contributed by atoms with E-state index >= 15 is 0 Å². The molecule has 1 saturated carbocycles. The zero-order valence-corrected chi connectivity index (χ0v) is 14.2. The predicted octanol–water partition coefficient (Wildman–Crippen LogP) is 0.221. The molecule has 2 aliphatic carbocycles. The number of esters is 1. The van der Waals surface area contributed by atoms with Gasteiger partial charge in [0.15, 0.2) is 0 Å². The standard InChI is InChI=1S/C15H22BrNO5/c1-15(2,16)14(21)22-6-5-17-13(20)11-8-3-4-9(8)12(19)10(11)7-18/h3-4,8-12,18-19H,5-7H2,1-2H3,(H,17,20). The molecule has 5 atom stereocenters. The third-order valence-corrected chi connectivity index (χ3v) is 4.67. The zero-order chi connectivity index (χ0) is 16.5. The summed E-state index contributed by atoms with van der Waals surface area (Å²) in [6, 6.07) is 0. The first-order chi connectivity index (χ1) is 10.3. The predicted molar refractivity (Wildman–Crippen MR) is 83.2 cm³/mol. The number of carbonyl (C=O) groups excluding carboxylic acids is 2. The second-order valence-electron chi connectivity index (χ2n) is 6.30. The van der Waals surface area contributed by atoms with Crippen molar-refractivity contribution in [2.45, 2.75) is 24.3 Å².